The molecule has 1 atom stereocenters. The molecule has 5 heteroatoms. The van der Waals surface area contributed by atoms with Gasteiger partial charge in [0.2, 0.25) is 11.8 Å². The Morgan fingerprint density at radius 1 is 1.47 bits per heavy atom. The smallest absolute Gasteiger partial charge is 0.225 e. The van der Waals surface area contributed by atoms with E-state index in [2.05, 4.69) is 27.4 Å². The number of rotatable bonds is 4. The SMILES string of the molecule is COc1cc(NCC2CC=CCC2)nc(N)n1. The lowest BCUT2D eigenvalue weighted by Crippen LogP contribution is -2.16. The molecule has 5 nitrogen and oxygen atoms in total. The van der Waals surface area contributed by atoms with E-state index in [4.69, 9.17) is 10.5 Å². The van der Waals surface area contributed by atoms with E-state index in [0.717, 1.165) is 18.8 Å². The summed E-state index contributed by atoms with van der Waals surface area (Å²) in [5.74, 6) is 2.12. The van der Waals surface area contributed by atoms with Gasteiger partial charge in [0.15, 0.2) is 0 Å². The molecule has 0 saturated heterocycles. The monoisotopic (exact) mass is 234 g/mol. The first-order valence-corrected chi connectivity index (χ1v) is 5.85. The molecule has 0 amide bonds. The van der Waals surface area contributed by atoms with Gasteiger partial charge in [0, 0.05) is 12.6 Å². The summed E-state index contributed by atoms with van der Waals surface area (Å²) in [6.07, 6.45) is 8.00. The van der Waals surface area contributed by atoms with Crippen molar-refractivity contribution in [2.45, 2.75) is 19.3 Å². The Bertz CT molecular complexity index is 405. The van der Waals surface area contributed by atoms with Gasteiger partial charge in [0.05, 0.1) is 7.11 Å². The van der Waals surface area contributed by atoms with Crippen molar-refractivity contribution in [3.05, 3.63) is 18.2 Å². The van der Waals surface area contributed by atoms with E-state index in [1.54, 1.807) is 13.2 Å². The number of hydrogen-bond donors (Lipinski definition) is 2. The summed E-state index contributed by atoms with van der Waals surface area (Å²) in [6.45, 7) is 0.907. The van der Waals surface area contributed by atoms with E-state index in [1.165, 1.54) is 12.8 Å². The van der Waals surface area contributed by atoms with Crippen LogP contribution in [0, 0.1) is 5.92 Å². The minimum absolute atomic E-state index is 0.232. The number of methoxy groups -OCH3 is 1. The summed E-state index contributed by atoms with van der Waals surface area (Å²) >= 11 is 0. The van der Waals surface area contributed by atoms with Crippen molar-refractivity contribution in [3.63, 3.8) is 0 Å². The zero-order valence-electron chi connectivity index (χ0n) is 10.0. The van der Waals surface area contributed by atoms with Crippen molar-refractivity contribution in [2.75, 3.05) is 24.7 Å². The van der Waals surface area contributed by atoms with Crippen LogP contribution in [0.1, 0.15) is 19.3 Å². The molecule has 2 rings (SSSR count). The van der Waals surface area contributed by atoms with Crippen molar-refractivity contribution >= 4 is 11.8 Å². The van der Waals surface area contributed by atoms with E-state index in [9.17, 15) is 0 Å². The summed E-state index contributed by atoms with van der Waals surface area (Å²) in [5.41, 5.74) is 5.59. The lowest BCUT2D eigenvalue weighted by molar-refractivity contribution is 0.398. The first-order chi connectivity index (χ1) is 8.28. The van der Waals surface area contributed by atoms with Crippen LogP contribution in [0.15, 0.2) is 18.2 Å². The standard InChI is InChI=1S/C12H18N4O/c1-17-11-7-10(15-12(13)16-11)14-8-9-5-3-2-4-6-9/h2-3,7,9H,4-6,8H2,1H3,(H3,13,14,15,16). The molecule has 0 aromatic carbocycles. The summed E-state index contributed by atoms with van der Waals surface area (Å²) in [7, 11) is 1.57. The Balaban J connectivity index is 1.93. The third kappa shape index (κ3) is 3.34. The van der Waals surface area contributed by atoms with Crippen LogP contribution in [0.5, 0.6) is 5.88 Å². The van der Waals surface area contributed by atoms with Gasteiger partial charge < -0.3 is 15.8 Å². The maximum absolute atomic E-state index is 5.59. The van der Waals surface area contributed by atoms with Gasteiger partial charge in [-0.25, -0.2) is 0 Å². The molecule has 1 heterocycles. The van der Waals surface area contributed by atoms with Gasteiger partial charge in [0.1, 0.15) is 5.82 Å². The maximum Gasteiger partial charge on any atom is 0.225 e. The molecule has 17 heavy (non-hydrogen) atoms. The lowest BCUT2D eigenvalue weighted by Gasteiger charge is -2.18. The van der Waals surface area contributed by atoms with Gasteiger partial charge in [0.25, 0.3) is 0 Å². The Morgan fingerprint density at radius 3 is 3.06 bits per heavy atom. The molecule has 0 bridgehead atoms. The number of nitrogen functional groups attached to an aromatic ring is 1. The van der Waals surface area contributed by atoms with E-state index < -0.39 is 0 Å². The van der Waals surface area contributed by atoms with E-state index in [1.807, 2.05) is 0 Å². The first-order valence-electron chi connectivity index (χ1n) is 5.85. The van der Waals surface area contributed by atoms with Gasteiger partial charge >= 0.3 is 0 Å². The molecule has 1 aliphatic rings. The highest BCUT2D eigenvalue weighted by molar-refractivity contribution is 5.42. The van der Waals surface area contributed by atoms with Gasteiger partial charge in [-0.15, -0.1) is 0 Å². The van der Waals surface area contributed by atoms with Crippen LogP contribution in [0.3, 0.4) is 0 Å². The number of nitrogens with zero attached hydrogens (tertiary/aromatic N) is 2. The predicted molar refractivity (Wildman–Crippen MR) is 68.0 cm³/mol. The zero-order valence-corrected chi connectivity index (χ0v) is 10.0. The molecule has 1 aliphatic carbocycles. The number of nitrogens with two attached hydrogens (primary N) is 1. The highest BCUT2D eigenvalue weighted by atomic mass is 16.5. The lowest BCUT2D eigenvalue weighted by atomic mass is 9.94. The van der Waals surface area contributed by atoms with Crippen molar-refractivity contribution < 1.29 is 4.74 Å². The molecule has 0 aliphatic heterocycles. The third-order valence-corrected chi connectivity index (χ3v) is 2.88. The third-order valence-electron chi connectivity index (χ3n) is 2.88. The molecule has 1 aromatic rings. The summed E-state index contributed by atoms with van der Waals surface area (Å²) in [6, 6.07) is 1.76. The van der Waals surface area contributed by atoms with Crippen molar-refractivity contribution in [1.29, 1.82) is 0 Å². The average molecular weight is 234 g/mol. The van der Waals surface area contributed by atoms with Crippen LogP contribution < -0.4 is 15.8 Å². The maximum atomic E-state index is 5.59. The predicted octanol–water partition coefficient (Wildman–Crippen LogP) is 1.84. The summed E-state index contributed by atoms with van der Waals surface area (Å²) < 4.78 is 5.05. The number of nitrogens with one attached hydrogen (secondary N) is 1. The molecule has 0 saturated carbocycles. The minimum Gasteiger partial charge on any atom is -0.481 e. The largest absolute Gasteiger partial charge is 0.481 e. The van der Waals surface area contributed by atoms with Gasteiger partial charge in [-0.3, -0.25) is 0 Å². The molecule has 0 radical (unpaired) electrons. The highest BCUT2D eigenvalue weighted by Gasteiger charge is 2.10. The highest BCUT2D eigenvalue weighted by Crippen LogP contribution is 2.20. The summed E-state index contributed by atoms with van der Waals surface area (Å²) in [4.78, 5) is 8.06. The summed E-state index contributed by atoms with van der Waals surface area (Å²) in [5, 5.41) is 3.28. The van der Waals surface area contributed by atoms with E-state index in [0.29, 0.717) is 11.8 Å². The van der Waals surface area contributed by atoms with Crippen LogP contribution in [-0.2, 0) is 0 Å². The van der Waals surface area contributed by atoms with E-state index in [-0.39, 0.29) is 5.95 Å². The quantitative estimate of drug-likeness (QED) is 0.778. The molecular formula is C12H18N4O. The second-order valence-electron chi connectivity index (χ2n) is 4.19. The zero-order chi connectivity index (χ0) is 12.1. The molecule has 1 aromatic heterocycles. The topological polar surface area (TPSA) is 73.1 Å². The van der Waals surface area contributed by atoms with Gasteiger partial charge in [-0.2, -0.15) is 9.97 Å². The molecule has 3 N–H and O–H groups in total. The second-order valence-corrected chi connectivity index (χ2v) is 4.19. The van der Waals surface area contributed by atoms with Gasteiger partial charge in [-0.1, -0.05) is 12.2 Å². The van der Waals surface area contributed by atoms with Crippen LogP contribution in [-0.4, -0.2) is 23.6 Å². The number of allylic oxidation sites excluding steroid dienone is 2. The van der Waals surface area contributed by atoms with Crippen LogP contribution >= 0.6 is 0 Å². The number of hydrogen-bond acceptors (Lipinski definition) is 5. The molecular weight excluding hydrogens is 216 g/mol. The van der Waals surface area contributed by atoms with E-state index >= 15 is 0 Å². The number of anilines is 2. The number of ether oxygens (including phenoxy) is 1. The van der Waals surface area contributed by atoms with Crippen LogP contribution in [0.25, 0.3) is 0 Å². The first kappa shape index (κ1) is 11.7. The number of aromatic nitrogens is 2. The van der Waals surface area contributed by atoms with Crippen LogP contribution in [0.2, 0.25) is 0 Å². The second kappa shape index (κ2) is 5.52. The Morgan fingerprint density at radius 2 is 2.35 bits per heavy atom. The van der Waals surface area contributed by atoms with Crippen molar-refractivity contribution in [2.24, 2.45) is 5.92 Å². The minimum atomic E-state index is 0.232. The fourth-order valence-electron chi connectivity index (χ4n) is 1.93. The molecule has 0 spiro atoms. The van der Waals surface area contributed by atoms with Crippen molar-refractivity contribution in [3.8, 4) is 5.88 Å². The molecule has 1 unspecified atom stereocenters. The normalized spacial score (nSPS) is 19.0. The van der Waals surface area contributed by atoms with Crippen LogP contribution in [0.4, 0.5) is 11.8 Å². The van der Waals surface area contributed by atoms with Gasteiger partial charge in [-0.05, 0) is 25.2 Å². The molecule has 92 valence electrons. The van der Waals surface area contributed by atoms with Crippen molar-refractivity contribution in [1.82, 2.24) is 9.97 Å². The Hall–Kier alpha value is -1.78. The average Bonchev–Trinajstić information content (AvgIpc) is 2.37. The Kier molecular flexibility index (Phi) is 3.80. The fourth-order valence-corrected chi connectivity index (χ4v) is 1.93. The fraction of sp³-hybridized carbons (Fsp3) is 0.500. The molecule has 0 fully saturated rings. The Labute approximate surface area is 101 Å².